The van der Waals surface area contributed by atoms with E-state index in [4.69, 9.17) is 21.1 Å². The molecule has 7 heteroatoms. The molecule has 0 amide bonds. The highest BCUT2D eigenvalue weighted by molar-refractivity contribution is 7.50. The molecule has 1 fully saturated rings. The summed E-state index contributed by atoms with van der Waals surface area (Å²) in [4.78, 5) is 14.7. The van der Waals surface area contributed by atoms with Crippen molar-refractivity contribution in [1.82, 2.24) is 9.65 Å². The molecule has 1 unspecified atom stereocenters. The van der Waals surface area contributed by atoms with Gasteiger partial charge in [0.25, 0.3) is 0 Å². The normalized spacial score (nSPS) is 19.8. The number of aryl methyl sites for hydroxylation is 2. The number of fused-ring (bicyclic) bond motifs is 2. The van der Waals surface area contributed by atoms with Gasteiger partial charge in [-0.05, 0) is 60.6 Å². The van der Waals surface area contributed by atoms with Crippen LogP contribution in [0.15, 0.2) is 42.1 Å². The maximum atomic E-state index is 12.1. The fraction of sp³-hybridized carbons (Fsp3) is 0.350. The van der Waals surface area contributed by atoms with Gasteiger partial charge in [-0.1, -0.05) is 29.3 Å². The highest BCUT2D eigenvalue weighted by atomic mass is 35.5. The van der Waals surface area contributed by atoms with Gasteiger partial charge >= 0.3 is 7.75 Å². The van der Waals surface area contributed by atoms with Gasteiger partial charge in [-0.3, -0.25) is 4.98 Å². The van der Waals surface area contributed by atoms with Gasteiger partial charge < -0.3 is 9.42 Å². The first-order valence-electron chi connectivity index (χ1n) is 9.08. The molecule has 2 aromatic rings. The highest BCUT2D eigenvalue weighted by Crippen LogP contribution is 2.48. The van der Waals surface area contributed by atoms with Crippen LogP contribution in [0, 0.1) is 0 Å². The molecular formula is C20H22ClN2O3P. The van der Waals surface area contributed by atoms with Crippen molar-refractivity contribution in [3.63, 3.8) is 0 Å². The van der Waals surface area contributed by atoms with Gasteiger partial charge in [0.05, 0.1) is 5.69 Å². The lowest BCUT2D eigenvalue weighted by atomic mass is 9.89. The van der Waals surface area contributed by atoms with Crippen LogP contribution in [0.1, 0.15) is 35.2 Å². The van der Waals surface area contributed by atoms with Crippen LogP contribution < -0.4 is 0 Å². The second-order valence-corrected chi connectivity index (χ2v) is 9.27. The number of pyridine rings is 1. The minimum Gasteiger partial charge on any atom is -0.312 e. The minimum absolute atomic E-state index is 0.492. The average Bonchev–Trinajstić information content (AvgIpc) is 2.84. The summed E-state index contributed by atoms with van der Waals surface area (Å²) in [6.45, 7) is 0.983. The molecule has 1 aliphatic carbocycles. The Balaban J connectivity index is 1.80. The van der Waals surface area contributed by atoms with Crippen LogP contribution in [-0.2, 0) is 21.9 Å². The molecule has 5 nitrogen and oxygen atoms in total. The molecule has 1 aromatic heterocycles. The maximum Gasteiger partial charge on any atom is 0.405 e. The predicted molar refractivity (Wildman–Crippen MR) is 107 cm³/mol. The van der Waals surface area contributed by atoms with Crippen LogP contribution in [0.25, 0.3) is 5.57 Å². The van der Waals surface area contributed by atoms with Crippen molar-refractivity contribution in [3.8, 4) is 0 Å². The Labute approximate surface area is 164 Å². The topological polar surface area (TPSA) is 62.7 Å². The van der Waals surface area contributed by atoms with Crippen molar-refractivity contribution in [2.24, 2.45) is 0 Å². The van der Waals surface area contributed by atoms with Crippen LogP contribution >= 0.6 is 19.3 Å². The van der Waals surface area contributed by atoms with Gasteiger partial charge in [-0.25, -0.2) is 9.24 Å². The van der Waals surface area contributed by atoms with Crippen molar-refractivity contribution < 1.29 is 14.0 Å². The van der Waals surface area contributed by atoms with Crippen LogP contribution in [0.5, 0.6) is 0 Å². The Bertz CT molecular complexity index is 950. The molecule has 0 radical (unpaired) electrons. The van der Waals surface area contributed by atoms with E-state index in [1.54, 1.807) is 0 Å². The minimum atomic E-state index is -3.69. The van der Waals surface area contributed by atoms with Gasteiger partial charge in [0.2, 0.25) is 0 Å². The summed E-state index contributed by atoms with van der Waals surface area (Å²) in [6.07, 6.45) is 5.10. The zero-order valence-electron chi connectivity index (χ0n) is 15.2. The third-order valence-electron chi connectivity index (χ3n) is 5.42. The van der Waals surface area contributed by atoms with Gasteiger partial charge in [0, 0.05) is 37.0 Å². The number of hydrogen-bond donors (Lipinski definition) is 1. The Kier molecular flexibility index (Phi) is 5.23. The van der Waals surface area contributed by atoms with E-state index in [9.17, 15) is 9.46 Å². The first kappa shape index (κ1) is 18.9. The van der Waals surface area contributed by atoms with E-state index in [0.29, 0.717) is 25.9 Å². The van der Waals surface area contributed by atoms with Crippen molar-refractivity contribution in [2.45, 2.75) is 25.7 Å². The summed E-state index contributed by atoms with van der Waals surface area (Å²) >= 11 is 6.25. The summed E-state index contributed by atoms with van der Waals surface area (Å²) in [7, 11) is -2.41. The molecule has 1 aromatic carbocycles. The summed E-state index contributed by atoms with van der Waals surface area (Å²) < 4.78 is 18.5. The van der Waals surface area contributed by atoms with Crippen LogP contribution in [0.3, 0.4) is 0 Å². The second kappa shape index (κ2) is 7.50. The van der Waals surface area contributed by atoms with E-state index in [0.717, 1.165) is 23.6 Å². The van der Waals surface area contributed by atoms with Crippen molar-refractivity contribution >= 4 is 24.9 Å². The number of piperidine rings is 1. The maximum absolute atomic E-state index is 12.1. The molecule has 0 bridgehead atoms. The molecule has 2 heterocycles. The van der Waals surface area contributed by atoms with Crippen LogP contribution in [-0.4, -0.2) is 34.7 Å². The molecule has 4 rings (SSSR count). The molecule has 1 atom stereocenters. The van der Waals surface area contributed by atoms with E-state index in [2.05, 4.69) is 12.1 Å². The highest BCUT2D eigenvalue weighted by Gasteiger charge is 2.32. The monoisotopic (exact) mass is 404 g/mol. The standard InChI is InChI=1S/C20H22ClN2O3P/c1-26-27(24,25)23-11-8-14(9-12-23)19-18-7-6-17(21)13-16(18)5-4-15-3-2-10-22-20(15)19/h2-3,6-7,10,13H,4-5,8-9,11-12H2,1H3,(H,24,25). The van der Waals surface area contributed by atoms with E-state index in [-0.39, 0.29) is 0 Å². The Morgan fingerprint density at radius 3 is 2.63 bits per heavy atom. The largest absolute Gasteiger partial charge is 0.405 e. The SMILES string of the molecule is COP(=O)(O)N1CCC(=C2c3ccc(Cl)cc3CCc3cccnc32)CC1. The summed E-state index contributed by atoms with van der Waals surface area (Å²) in [5.41, 5.74) is 7.11. The van der Waals surface area contributed by atoms with Crippen LogP contribution in [0.2, 0.25) is 5.02 Å². The molecule has 1 saturated heterocycles. The van der Waals surface area contributed by atoms with E-state index in [1.165, 1.54) is 39.6 Å². The number of benzene rings is 1. The molecule has 0 saturated carbocycles. The fourth-order valence-corrected chi connectivity index (χ4v) is 5.15. The fourth-order valence-electron chi connectivity index (χ4n) is 4.02. The van der Waals surface area contributed by atoms with Crippen molar-refractivity contribution in [2.75, 3.05) is 20.2 Å². The van der Waals surface area contributed by atoms with E-state index in [1.807, 2.05) is 24.4 Å². The smallest absolute Gasteiger partial charge is 0.312 e. The zero-order chi connectivity index (χ0) is 19.0. The van der Waals surface area contributed by atoms with Gasteiger partial charge in [0.1, 0.15) is 0 Å². The lowest BCUT2D eigenvalue weighted by Gasteiger charge is -2.31. The molecule has 27 heavy (non-hydrogen) atoms. The predicted octanol–water partition coefficient (Wildman–Crippen LogP) is 4.48. The third kappa shape index (κ3) is 3.63. The zero-order valence-corrected chi connectivity index (χ0v) is 16.8. The van der Waals surface area contributed by atoms with E-state index < -0.39 is 7.75 Å². The lowest BCUT2D eigenvalue weighted by molar-refractivity contribution is 0.229. The summed E-state index contributed by atoms with van der Waals surface area (Å²) in [5, 5.41) is 0.744. The average molecular weight is 405 g/mol. The van der Waals surface area contributed by atoms with Gasteiger partial charge in [-0.2, -0.15) is 0 Å². The molecule has 0 spiro atoms. The van der Waals surface area contributed by atoms with E-state index >= 15 is 0 Å². The number of halogens is 1. The number of nitrogens with zero attached hydrogens (tertiary/aromatic N) is 2. The number of rotatable bonds is 2. The molecule has 142 valence electrons. The van der Waals surface area contributed by atoms with Crippen molar-refractivity contribution in [3.05, 3.63) is 69.5 Å². The first-order chi connectivity index (χ1) is 13.0. The Hall–Kier alpha value is -1.49. The van der Waals surface area contributed by atoms with Gasteiger partial charge in [0.15, 0.2) is 0 Å². The Morgan fingerprint density at radius 1 is 1.15 bits per heavy atom. The Morgan fingerprint density at radius 2 is 1.89 bits per heavy atom. The molecular weight excluding hydrogens is 383 g/mol. The molecule has 1 N–H and O–H groups in total. The lowest BCUT2D eigenvalue weighted by Crippen LogP contribution is -2.29. The van der Waals surface area contributed by atoms with Crippen molar-refractivity contribution in [1.29, 1.82) is 0 Å². The second-order valence-electron chi connectivity index (χ2n) is 6.92. The van der Waals surface area contributed by atoms with Gasteiger partial charge in [-0.15, -0.1) is 0 Å². The first-order valence-corrected chi connectivity index (χ1v) is 11.0. The third-order valence-corrected chi connectivity index (χ3v) is 7.25. The molecule has 1 aliphatic heterocycles. The summed E-state index contributed by atoms with van der Waals surface area (Å²) in [5.74, 6) is 0. The molecule has 2 aliphatic rings. The number of aromatic nitrogens is 1. The quantitative estimate of drug-likeness (QED) is 0.748. The number of hydrogen-bond acceptors (Lipinski definition) is 3. The van der Waals surface area contributed by atoms with Crippen LogP contribution in [0.4, 0.5) is 0 Å². The summed E-state index contributed by atoms with van der Waals surface area (Å²) in [6, 6.07) is 10.2.